The third-order valence-corrected chi connectivity index (χ3v) is 2.52. The Morgan fingerprint density at radius 2 is 2.15 bits per heavy atom. The third-order valence-electron chi connectivity index (χ3n) is 1.96. The van der Waals surface area contributed by atoms with Gasteiger partial charge in [-0.05, 0) is 20.3 Å². The SMILES string of the molecule is CC(C)n1ccn(CCCBr)c1=O. The van der Waals surface area contributed by atoms with E-state index in [1.807, 2.05) is 26.2 Å². The minimum atomic E-state index is 0.0935. The van der Waals surface area contributed by atoms with Crippen LogP contribution in [0.25, 0.3) is 0 Å². The Labute approximate surface area is 86.5 Å². The van der Waals surface area contributed by atoms with Gasteiger partial charge in [0, 0.05) is 30.3 Å². The molecule has 0 N–H and O–H groups in total. The van der Waals surface area contributed by atoms with Crippen LogP contribution in [-0.4, -0.2) is 14.5 Å². The molecule has 3 nitrogen and oxygen atoms in total. The van der Waals surface area contributed by atoms with Crippen molar-refractivity contribution in [2.45, 2.75) is 32.9 Å². The van der Waals surface area contributed by atoms with Crippen molar-refractivity contribution in [1.82, 2.24) is 9.13 Å². The summed E-state index contributed by atoms with van der Waals surface area (Å²) < 4.78 is 3.50. The van der Waals surface area contributed by atoms with Crippen LogP contribution in [0, 0.1) is 0 Å². The van der Waals surface area contributed by atoms with E-state index in [0.29, 0.717) is 0 Å². The van der Waals surface area contributed by atoms with Crippen molar-refractivity contribution in [2.24, 2.45) is 0 Å². The van der Waals surface area contributed by atoms with Gasteiger partial charge in [0.05, 0.1) is 0 Å². The fraction of sp³-hybridized carbons (Fsp3) is 0.667. The summed E-state index contributed by atoms with van der Waals surface area (Å²) in [6.07, 6.45) is 4.69. The van der Waals surface area contributed by atoms with E-state index < -0.39 is 0 Å². The van der Waals surface area contributed by atoms with Crippen molar-refractivity contribution in [3.63, 3.8) is 0 Å². The molecular formula is C9H15BrN2O. The highest BCUT2D eigenvalue weighted by atomic mass is 79.9. The summed E-state index contributed by atoms with van der Waals surface area (Å²) in [5.41, 5.74) is 0.0935. The van der Waals surface area contributed by atoms with Gasteiger partial charge in [0.15, 0.2) is 0 Å². The second kappa shape index (κ2) is 4.65. The van der Waals surface area contributed by atoms with Gasteiger partial charge < -0.3 is 0 Å². The van der Waals surface area contributed by atoms with Gasteiger partial charge >= 0.3 is 5.69 Å². The van der Waals surface area contributed by atoms with Crippen LogP contribution in [0.3, 0.4) is 0 Å². The first-order valence-corrected chi connectivity index (χ1v) is 5.62. The lowest BCUT2D eigenvalue weighted by Crippen LogP contribution is -2.25. The highest BCUT2D eigenvalue weighted by Gasteiger charge is 2.04. The summed E-state index contributed by atoms with van der Waals surface area (Å²) in [6.45, 7) is 4.82. The van der Waals surface area contributed by atoms with Crippen molar-refractivity contribution in [3.8, 4) is 0 Å². The first-order valence-electron chi connectivity index (χ1n) is 4.50. The maximum absolute atomic E-state index is 11.6. The second-order valence-corrected chi connectivity index (χ2v) is 4.11. The van der Waals surface area contributed by atoms with E-state index >= 15 is 0 Å². The molecule has 0 saturated carbocycles. The molecule has 1 aromatic heterocycles. The molecule has 74 valence electrons. The Morgan fingerprint density at radius 1 is 1.46 bits per heavy atom. The van der Waals surface area contributed by atoms with E-state index in [-0.39, 0.29) is 11.7 Å². The number of nitrogens with zero attached hydrogens (tertiary/aromatic N) is 2. The molecule has 1 aromatic rings. The van der Waals surface area contributed by atoms with E-state index in [0.717, 1.165) is 18.3 Å². The summed E-state index contributed by atoms with van der Waals surface area (Å²) in [7, 11) is 0. The van der Waals surface area contributed by atoms with Crippen LogP contribution in [0.15, 0.2) is 17.2 Å². The minimum Gasteiger partial charge on any atom is -0.299 e. The number of hydrogen-bond acceptors (Lipinski definition) is 1. The van der Waals surface area contributed by atoms with Crippen LogP contribution in [0.1, 0.15) is 26.3 Å². The molecule has 0 unspecified atom stereocenters. The average molecular weight is 247 g/mol. The maximum atomic E-state index is 11.6. The zero-order valence-corrected chi connectivity index (χ0v) is 9.62. The fourth-order valence-electron chi connectivity index (χ4n) is 1.22. The normalized spacial score (nSPS) is 11.1. The number of hydrogen-bond donors (Lipinski definition) is 0. The van der Waals surface area contributed by atoms with Crippen LogP contribution < -0.4 is 5.69 Å². The molecule has 0 radical (unpaired) electrons. The highest BCUT2D eigenvalue weighted by Crippen LogP contribution is 2.00. The lowest BCUT2D eigenvalue weighted by molar-refractivity contribution is 0.549. The van der Waals surface area contributed by atoms with E-state index in [2.05, 4.69) is 15.9 Å². The molecule has 4 heteroatoms. The van der Waals surface area contributed by atoms with Gasteiger partial charge in [0.1, 0.15) is 0 Å². The Hall–Kier alpha value is -0.510. The lowest BCUT2D eigenvalue weighted by Gasteiger charge is -2.04. The fourth-order valence-corrected chi connectivity index (χ4v) is 1.47. The van der Waals surface area contributed by atoms with E-state index in [1.54, 1.807) is 9.13 Å². The molecular weight excluding hydrogens is 232 g/mol. The number of aryl methyl sites for hydroxylation is 1. The predicted octanol–water partition coefficient (Wildman–Crippen LogP) is 2.02. The smallest absolute Gasteiger partial charge is 0.299 e. The first-order chi connectivity index (χ1) is 6.16. The molecule has 0 spiro atoms. The Kier molecular flexibility index (Phi) is 3.78. The maximum Gasteiger partial charge on any atom is 0.328 e. The molecule has 0 saturated heterocycles. The Balaban J connectivity index is 2.81. The first kappa shape index (κ1) is 10.6. The minimum absolute atomic E-state index is 0.0935. The van der Waals surface area contributed by atoms with E-state index in [9.17, 15) is 4.79 Å². The zero-order chi connectivity index (χ0) is 9.84. The van der Waals surface area contributed by atoms with Crippen molar-refractivity contribution >= 4 is 15.9 Å². The number of rotatable bonds is 4. The molecule has 1 heterocycles. The van der Waals surface area contributed by atoms with Gasteiger partial charge in [-0.15, -0.1) is 0 Å². The molecule has 1 rings (SSSR count). The summed E-state index contributed by atoms with van der Waals surface area (Å²) >= 11 is 3.34. The summed E-state index contributed by atoms with van der Waals surface area (Å²) in [4.78, 5) is 11.6. The average Bonchev–Trinajstić information content (AvgIpc) is 2.43. The van der Waals surface area contributed by atoms with Crippen LogP contribution in [0.5, 0.6) is 0 Å². The standard InChI is InChI=1S/C9H15BrN2O/c1-8(2)12-7-6-11(9(12)13)5-3-4-10/h6-8H,3-5H2,1-2H3. The highest BCUT2D eigenvalue weighted by molar-refractivity contribution is 9.09. The number of imidazole rings is 1. The van der Waals surface area contributed by atoms with Crippen molar-refractivity contribution in [1.29, 1.82) is 0 Å². The third kappa shape index (κ3) is 2.46. The molecule has 0 aliphatic carbocycles. The summed E-state index contributed by atoms with van der Waals surface area (Å²) in [6, 6.07) is 0.248. The van der Waals surface area contributed by atoms with Gasteiger partial charge in [-0.3, -0.25) is 9.13 Å². The molecule has 0 bridgehead atoms. The van der Waals surface area contributed by atoms with Gasteiger partial charge in [-0.1, -0.05) is 15.9 Å². The van der Waals surface area contributed by atoms with Crippen LogP contribution in [0.4, 0.5) is 0 Å². The summed E-state index contributed by atoms with van der Waals surface area (Å²) in [5.74, 6) is 0. The monoisotopic (exact) mass is 246 g/mol. The van der Waals surface area contributed by atoms with Crippen LogP contribution in [-0.2, 0) is 6.54 Å². The second-order valence-electron chi connectivity index (χ2n) is 3.32. The molecule has 0 aromatic carbocycles. The topological polar surface area (TPSA) is 26.9 Å². The quantitative estimate of drug-likeness (QED) is 0.748. The van der Waals surface area contributed by atoms with Gasteiger partial charge in [0.2, 0.25) is 0 Å². The Morgan fingerprint density at radius 3 is 2.62 bits per heavy atom. The summed E-state index contributed by atoms with van der Waals surface area (Å²) in [5, 5.41) is 0.937. The number of halogens is 1. The van der Waals surface area contributed by atoms with Crippen molar-refractivity contribution in [3.05, 3.63) is 22.9 Å². The van der Waals surface area contributed by atoms with Crippen molar-refractivity contribution < 1.29 is 0 Å². The lowest BCUT2D eigenvalue weighted by atomic mass is 10.4. The zero-order valence-electron chi connectivity index (χ0n) is 8.03. The Bertz CT molecular complexity index is 314. The molecule has 0 amide bonds. The van der Waals surface area contributed by atoms with Crippen molar-refractivity contribution in [2.75, 3.05) is 5.33 Å². The van der Waals surface area contributed by atoms with Crippen LogP contribution in [0.2, 0.25) is 0 Å². The molecule has 13 heavy (non-hydrogen) atoms. The van der Waals surface area contributed by atoms with Gasteiger partial charge in [0.25, 0.3) is 0 Å². The number of alkyl halides is 1. The molecule has 0 aliphatic rings. The number of aromatic nitrogens is 2. The largest absolute Gasteiger partial charge is 0.328 e. The molecule has 0 aliphatic heterocycles. The van der Waals surface area contributed by atoms with E-state index in [4.69, 9.17) is 0 Å². The molecule has 0 fully saturated rings. The van der Waals surface area contributed by atoms with Gasteiger partial charge in [-0.25, -0.2) is 4.79 Å². The van der Waals surface area contributed by atoms with Gasteiger partial charge in [-0.2, -0.15) is 0 Å². The van der Waals surface area contributed by atoms with E-state index in [1.165, 1.54) is 0 Å². The molecule has 0 atom stereocenters. The predicted molar refractivity (Wildman–Crippen MR) is 57.5 cm³/mol. The van der Waals surface area contributed by atoms with Crippen LogP contribution >= 0.6 is 15.9 Å².